The smallest absolute Gasteiger partial charge is 0.243 e. The number of amides is 1. The van der Waals surface area contributed by atoms with E-state index in [-0.39, 0.29) is 11.9 Å². The Bertz CT molecular complexity index is 386. The third-order valence-corrected chi connectivity index (χ3v) is 5.62. The molecule has 0 aromatic carbocycles. The minimum Gasteiger partial charge on any atom is -0.337 e. The highest BCUT2D eigenvalue weighted by atomic mass is 32.2. The van der Waals surface area contributed by atoms with Crippen molar-refractivity contribution in [3.63, 3.8) is 0 Å². The van der Waals surface area contributed by atoms with Gasteiger partial charge >= 0.3 is 0 Å². The highest BCUT2D eigenvalue weighted by Crippen LogP contribution is 2.28. The van der Waals surface area contributed by atoms with Crippen molar-refractivity contribution in [1.29, 1.82) is 0 Å². The molecule has 0 aromatic rings. The number of hydrogen-bond donors (Lipinski definition) is 1. The number of hydrogen-bond acceptors (Lipinski definition) is 4. The molecule has 0 bridgehead atoms. The lowest BCUT2D eigenvalue weighted by Crippen LogP contribution is -2.56. The predicted octanol–water partition coefficient (Wildman–Crippen LogP) is 0.149. The van der Waals surface area contributed by atoms with Gasteiger partial charge in [0.05, 0.1) is 0 Å². The van der Waals surface area contributed by atoms with Gasteiger partial charge in [0.1, 0.15) is 4.75 Å². The summed E-state index contributed by atoms with van der Waals surface area (Å²) >= 11 is 0. The number of rotatable bonds is 5. The van der Waals surface area contributed by atoms with Crippen LogP contribution in [0.2, 0.25) is 0 Å². The molecule has 1 fully saturated rings. The molecule has 1 amide bonds. The number of sulfone groups is 1. The van der Waals surface area contributed by atoms with Crippen LogP contribution in [-0.2, 0) is 14.6 Å². The topological polar surface area (TPSA) is 80.5 Å². The molecule has 0 unspecified atom stereocenters. The molecule has 5 nitrogen and oxygen atoms in total. The SMILES string of the molecule is CC(C)(C(=O)N(CCN)C1CCC1)S(C)(=O)=O. The van der Waals surface area contributed by atoms with E-state index in [9.17, 15) is 13.2 Å². The first kappa shape index (κ1) is 14.4. The molecule has 0 spiro atoms. The molecule has 0 heterocycles. The van der Waals surface area contributed by atoms with E-state index in [2.05, 4.69) is 0 Å². The molecule has 1 aliphatic carbocycles. The molecule has 0 saturated heterocycles. The molecule has 0 atom stereocenters. The minimum atomic E-state index is -3.41. The maximum atomic E-state index is 12.3. The van der Waals surface area contributed by atoms with E-state index in [1.807, 2.05) is 0 Å². The fraction of sp³-hybridized carbons (Fsp3) is 0.909. The normalized spacial score (nSPS) is 17.6. The van der Waals surface area contributed by atoms with E-state index >= 15 is 0 Å². The monoisotopic (exact) mass is 262 g/mol. The van der Waals surface area contributed by atoms with E-state index in [0.29, 0.717) is 13.1 Å². The first-order chi connectivity index (χ1) is 7.71. The molecular weight excluding hydrogens is 240 g/mol. The van der Waals surface area contributed by atoms with Gasteiger partial charge in [0, 0.05) is 25.4 Å². The van der Waals surface area contributed by atoms with Gasteiger partial charge in [-0.25, -0.2) is 8.42 Å². The van der Waals surface area contributed by atoms with E-state index in [1.165, 1.54) is 13.8 Å². The zero-order chi connectivity index (χ0) is 13.3. The fourth-order valence-corrected chi connectivity index (χ4v) is 2.23. The summed E-state index contributed by atoms with van der Waals surface area (Å²) in [5.41, 5.74) is 5.49. The number of carbonyl (C=O) groups excluding carboxylic acids is 1. The Morgan fingerprint density at radius 3 is 2.24 bits per heavy atom. The average Bonchev–Trinajstić information content (AvgIpc) is 2.11. The highest BCUT2D eigenvalue weighted by molar-refractivity contribution is 7.92. The van der Waals surface area contributed by atoms with Gasteiger partial charge in [-0.3, -0.25) is 4.79 Å². The molecule has 0 radical (unpaired) electrons. The van der Waals surface area contributed by atoms with Crippen LogP contribution in [0.25, 0.3) is 0 Å². The Kier molecular flexibility index (Phi) is 4.19. The Morgan fingerprint density at radius 1 is 1.41 bits per heavy atom. The van der Waals surface area contributed by atoms with Crippen LogP contribution in [0.1, 0.15) is 33.1 Å². The van der Waals surface area contributed by atoms with Crippen molar-refractivity contribution in [3.8, 4) is 0 Å². The Morgan fingerprint density at radius 2 is 1.94 bits per heavy atom. The van der Waals surface area contributed by atoms with Crippen LogP contribution in [0.3, 0.4) is 0 Å². The molecule has 17 heavy (non-hydrogen) atoms. The van der Waals surface area contributed by atoms with E-state index < -0.39 is 14.6 Å². The maximum absolute atomic E-state index is 12.3. The van der Waals surface area contributed by atoms with Crippen LogP contribution in [-0.4, -0.2) is 49.4 Å². The summed E-state index contributed by atoms with van der Waals surface area (Å²) in [6.45, 7) is 3.73. The lowest BCUT2D eigenvalue weighted by Gasteiger charge is -2.40. The van der Waals surface area contributed by atoms with Crippen LogP contribution < -0.4 is 5.73 Å². The van der Waals surface area contributed by atoms with Gasteiger partial charge in [0.2, 0.25) is 5.91 Å². The van der Waals surface area contributed by atoms with E-state index in [0.717, 1.165) is 25.5 Å². The largest absolute Gasteiger partial charge is 0.337 e. The summed E-state index contributed by atoms with van der Waals surface area (Å²) in [7, 11) is -3.41. The van der Waals surface area contributed by atoms with Crippen LogP contribution in [0.4, 0.5) is 0 Å². The van der Waals surface area contributed by atoms with Crippen molar-refractivity contribution >= 4 is 15.7 Å². The van der Waals surface area contributed by atoms with E-state index in [1.54, 1.807) is 4.90 Å². The van der Waals surface area contributed by atoms with Gasteiger partial charge in [-0.15, -0.1) is 0 Å². The van der Waals surface area contributed by atoms with Crippen molar-refractivity contribution in [3.05, 3.63) is 0 Å². The van der Waals surface area contributed by atoms with Gasteiger partial charge in [-0.05, 0) is 33.1 Å². The second-order valence-electron chi connectivity index (χ2n) is 5.15. The maximum Gasteiger partial charge on any atom is 0.243 e. The summed E-state index contributed by atoms with van der Waals surface area (Å²) in [5.74, 6) is -0.324. The molecule has 2 N–H and O–H groups in total. The lowest BCUT2D eigenvalue weighted by molar-refractivity contribution is -0.137. The zero-order valence-corrected chi connectivity index (χ0v) is 11.6. The van der Waals surface area contributed by atoms with Crippen molar-refractivity contribution < 1.29 is 13.2 Å². The Labute approximate surface area is 103 Å². The Balaban J connectivity index is 2.91. The van der Waals surface area contributed by atoms with Gasteiger partial charge in [0.15, 0.2) is 9.84 Å². The second kappa shape index (κ2) is 4.94. The number of nitrogens with zero attached hydrogens (tertiary/aromatic N) is 1. The summed E-state index contributed by atoms with van der Waals surface area (Å²) in [4.78, 5) is 14.0. The number of nitrogens with two attached hydrogens (primary N) is 1. The standard InChI is InChI=1S/C11H22N2O3S/c1-11(2,17(3,15)16)10(14)13(8-7-12)9-5-4-6-9/h9H,4-8,12H2,1-3H3. The minimum absolute atomic E-state index is 0.173. The van der Waals surface area contributed by atoms with Gasteiger partial charge < -0.3 is 10.6 Å². The summed E-state index contributed by atoms with van der Waals surface area (Å²) in [5, 5.41) is 0. The van der Waals surface area contributed by atoms with Crippen molar-refractivity contribution in [1.82, 2.24) is 4.90 Å². The van der Waals surface area contributed by atoms with Crippen LogP contribution in [0.15, 0.2) is 0 Å². The highest BCUT2D eigenvalue weighted by Gasteiger charge is 2.43. The molecule has 100 valence electrons. The summed E-state index contributed by atoms with van der Waals surface area (Å²) in [6, 6.07) is 0.173. The van der Waals surface area contributed by atoms with Crippen LogP contribution in [0.5, 0.6) is 0 Å². The molecule has 0 aromatic heterocycles. The van der Waals surface area contributed by atoms with Crippen LogP contribution in [0, 0.1) is 0 Å². The average molecular weight is 262 g/mol. The molecule has 1 aliphatic rings. The Hall–Kier alpha value is -0.620. The van der Waals surface area contributed by atoms with Crippen molar-refractivity contribution in [2.75, 3.05) is 19.3 Å². The zero-order valence-electron chi connectivity index (χ0n) is 10.8. The molecule has 1 rings (SSSR count). The van der Waals surface area contributed by atoms with Gasteiger partial charge in [-0.2, -0.15) is 0 Å². The third-order valence-electron chi connectivity index (χ3n) is 3.59. The second-order valence-corrected chi connectivity index (χ2v) is 7.72. The fourth-order valence-electron chi connectivity index (χ4n) is 1.79. The van der Waals surface area contributed by atoms with Gasteiger partial charge in [0.25, 0.3) is 0 Å². The first-order valence-electron chi connectivity index (χ1n) is 5.92. The number of carbonyl (C=O) groups is 1. The van der Waals surface area contributed by atoms with Crippen LogP contribution >= 0.6 is 0 Å². The van der Waals surface area contributed by atoms with E-state index in [4.69, 9.17) is 5.73 Å². The molecular formula is C11H22N2O3S. The first-order valence-corrected chi connectivity index (χ1v) is 7.81. The quantitative estimate of drug-likeness (QED) is 0.764. The van der Waals surface area contributed by atoms with Crippen molar-refractivity contribution in [2.24, 2.45) is 5.73 Å². The van der Waals surface area contributed by atoms with Gasteiger partial charge in [-0.1, -0.05) is 0 Å². The lowest BCUT2D eigenvalue weighted by atomic mass is 9.90. The molecule has 1 saturated carbocycles. The molecule has 0 aliphatic heterocycles. The third kappa shape index (κ3) is 2.80. The predicted molar refractivity (Wildman–Crippen MR) is 67.3 cm³/mol. The summed E-state index contributed by atoms with van der Waals surface area (Å²) < 4.78 is 21.9. The van der Waals surface area contributed by atoms with Crippen molar-refractivity contribution in [2.45, 2.75) is 43.9 Å². The molecule has 6 heteroatoms. The summed E-state index contributed by atoms with van der Waals surface area (Å²) in [6.07, 6.45) is 4.10.